The number of amides is 1. The number of carbonyl (C=O) groups excluding carboxylic acids is 1. The molecule has 0 aromatic carbocycles. The first-order chi connectivity index (χ1) is 16.6. The van der Waals surface area contributed by atoms with Crippen molar-refractivity contribution < 1.29 is 38.8 Å². The van der Waals surface area contributed by atoms with E-state index in [-0.39, 0.29) is 34.8 Å². The van der Waals surface area contributed by atoms with Crippen molar-refractivity contribution >= 4 is 42.3 Å². The Balaban J connectivity index is 1.33. The lowest BCUT2D eigenvalue weighted by Gasteiger charge is -2.43. The Morgan fingerprint density at radius 1 is 1.26 bits per heavy atom. The van der Waals surface area contributed by atoms with Crippen molar-refractivity contribution in [1.29, 1.82) is 0 Å². The predicted octanol–water partition coefficient (Wildman–Crippen LogP) is 0.309. The van der Waals surface area contributed by atoms with Crippen LogP contribution in [0.25, 0.3) is 11.2 Å². The highest BCUT2D eigenvalue weighted by Crippen LogP contribution is 2.40. The SMILES string of the molecule is O=C(Nc1nc(Cl)nc2c1ncn2[C@@H]1O[C@H](CCP(=O)(O)O)C(O)[C@@H]1O)OC1CN2CCC1CC2. The average molecular weight is 533 g/mol. The summed E-state index contributed by atoms with van der Waals surface area (Å²) in [5, 5.41) is 23.2. The van der Waals surface area contributed by atoms with Crippen molar-refractivity contribution in [2.45, 2.75) is 49.9 Å². The Morgan fingerprint density at radius 2 is 2.00 bits per heavy atom. The second kappa shape index (κ2) is 9.52. The summed E-state index contributed by atoms with van der Waals surface area (Å²) >= 11 is 6.08. The van der Waals surface area contributed by atoms with E-state index in [0.717, 1.165) is 25.9 Å². The monoisotopic (exact) mass is 532 g/mol. The summed E-state index contributed by atoms with van der Waals surface area (Å²) in [7, 11) is -4.31. The van der Waals surface area contributed by atoms with Crippen LogP contribution in [0.1, 0.15) is 25.5 Å². The summed E-state index contributed by atoms with van der Waals surface area (Å²) in [6.45, 7) is 2.71. The molecule has 5 N–H and O–H groups in total. The molecule has 6 heterocycles. The zero-order valence-electron chi connectivity index (χ0n) is 18.5. The molecule has 0 radical (unpaired) electrons. The number of ether oxygens (including phenoxy) is 2. The van der Waals surface area contributed by atoms with Gasteiger partial charge in [0.05, 0.1) is 18.6 Å². The fourth-order valence-corrected chi connectivity index (χ4v) is 5.72. The number of nitrogens with one attached hydrogen (secondary N) is 1. The second-order valence-electron chi connectivity index (χ2n) is 9.10. The van der Waals surface area contributed by atoms with Gasteiger partial charge in [-0.3, -0.25) is 19.3 Å². The largest absolute Gasteiger partial charge is 0.444 e. The molecule has 0 saturated carbocycles. The van der Waals surface area contributed by atoms with Gasteiger partial charge in [0.25, 0.3) is 0 Å². The van der Waals surface area contributed by atoms with Crippen LogP contribution in [0.3, 0.4) is 0 Å². The van der Waals surface area contributed by atoms with Crippen molar-refractivity contribution in [3.63, 3.8) is 0 Å². The van der Waals surface area contributed by atoms with Crippen molar-refractivity contribution in [3.8, 4) is 0 Å². The second-order valence-corrected chi connectivity index (χ2v) is 11.2. The number of anilines is 1. The van der Waals surface area contributed by atoms with Crippen LogP contribution < -0.4 is 5.32 Å². The van der Waals surface area contributed by atoms with Gasteiger partial charge in [-0.15, -0.1) is 0 Å². The first-order valence-corrected chi connectivity index (χ1v) is 13.4. The maximum atomic E-state index is 12.6. The standard InChI is InChI=1S/C19H26ClN6O8P/c20-18-22-15(23-19(29)34-11-7-25-4-1-9(11)2-5-25)12-16(24-18)26(8-21-12)17-14(28)13(27)10(33-17)3-6-35(30,31)32/h8-11,13-14,17,27-28H,1-7H2,(H2,30,31,32)(H,22,23,24,29)/t10-,11?,13?,14+,17-/m1/s1. The van der Waals surface area contributed by atoms with Gasteiger partial charge in [0.2, 0.25) is 5.28 Å². The molecule has 35 heavy (non-hydrogen) atoms. The molecule has 1 amide bonds. The van der Waals surface area contributed by atoms with Crippen LogP contribution in [-0.4, -0.2) is 101 Å². The Hall–Kier alpha value is -1.90. The van der Waals surface area contributed by atoms with Gasteiger partial charge in [0, 0.05) is 6.54 Å². The third-order valence-electron chi connectivity index (χ3n) is 6.79. The molecular formula is C19H26ClN6O8P. The number of carbonyl (C=O) groups is 1. The number of aromatic nitrogens is 4. The van der Waals surface area contributed by atoms with E-state index >= 15 is 0 Å². The predicted molar refractivity (Wildman–Crippen MR) is 121 cm³/mol. The highest BCUT2D eigenvalue weighted by molar-refractivity contribution is 7.51. The minimum Gasteiger partial charge on any atom is -0.444 e. The zero-order valence-corrected chi connectivity index (χ0v) is 20.1. The van der Waals surface area contributed by atoms with E-state index in [1.165, 1.54) is 10.9 Å². The normalized spacial score (nSPS) is 32.8. The van der Waals surface area contributed by atoms with E-state index in [1.54, 1.807) is 0 Å². The van der Waals surface area contributed by atoms with Gasteiger partial charge in [-0.05, 0) is 49.9 Å². The molecule has 4 saturated heterocycles. The number of imidazole rings is 1. The van der Waals surface area contributed by atoms with Gasteiger partial charge in [0.1, 0.15) is 18.3 Å². The van der Waals surface area contributed by atoms with Crippen LogP contribution in [0, 0.1) is 5.92 Å². The average Bonchev–Trinajstić information content (AvgIpc) is 3.33. The molecule has 4 aliphatic heterocycles. The first-order valence-electron chi connectivity index (χ1n) is 11.3. The Morgan fingerprint density at radius 3 is 2.66 bits per heavy atom. The highest BCUT2D eigenvalue weighted by atomic mass is 35.5. The van der Waals surface area contributed by atoms with E-state index in [1.807, 2.05) is 0 Å². The molecule has 0 spiro atoms. The van der Waals surface area contributed by atoms with E-state index < -0.39 is 44.4 Å². The van der Waals surface area contributed by atoms with E-state index in [0.29, 0.717) is 12.5 Å². The van der Waals surface area contributed by atoms with Crippen LogP contribution in [0.15, 0.2) is 6.33 Å². The maximum absolute atomic E-state index is 12.6. The lowest BCUT2D eigenvalue weighted by atomic mass is 9.86. The summed E-state index contributed by atoms with van der Waals surface area (Å²) in [5.74, 6) is 0.334. The fourth-order valence-electron chi connectivity index (χ4n) is 4.96. The number of piperidine rings is 3. The van der Waals surface area contributed by atoms with Gasteiger partial charge < -0.3 is 29.5 Å². The van der Waals surface area contributed by atoms with Gasteiger partial charge in [-0.1, -0.05) is 0 Å². The summed E-state index contributed by atoms with van der Waals surface area (Å²) in [4.78, 5) is 45.5. The molecule has 0 aliphatic carbocycles. The zero-order chi connectivity index (χ0) is 24.9. The molecule has 2 unspecified atom stereocenters. The Bertz CT molecular complexity index is 1150. The quantitative estimate of drug-likeness (QED) is 0.253. The molecule has 2 aromatic heterocycles. The molecule has 6 rings (SSSR count). The van der Waals surface area contributed by atoms with Crippen LogP contribution in [0.5, 0.6) is 0 Å². The molecule has 14 nitrogen and oxygen atoms in total. The maximum Gasteiger partial charge on any atom is 0.413 e. The molecule has 5 atom stereocenters. The third kappa shape index (κ3) is 5.16. The lowest BCUT2D eigenvalue weighted by molar-refractivity contribution is -0.0355. The topological polar surface area (TPSA) is 192 Å². The van der Waals surface area contributed by atoms with Gasteiger partial charge in [0.15, 0.2) is 23.2 Å². The van der Waals surface area contributed by atoms with E-state index in [2.05, 4.69) is 25.2 Å². The number of hydrogen-bond donors (Lipinski definition) is 5. The fraction of sp³-hybridized carbons (Fsp3) is 0.684. The smallest absolute Gasteiger partial charge is 0.413 e. The van der Waals surface area contributed by atoms with Crippen LogP contribution in [-0.2, 0) is 14.0 Å². The summed E-state index contributed by atoms with van der Waals surface area (Å²) in [5.41, 5.74) is 0.277. The molecule has 4 aliphatic rings. The van der Waals surface area contributed by atoms with E-state index in [4.69, 9.17) is 30.9 Å². The molecular weight excluding hydrogens is 507 g/mol. The summed E-state index contributed by atoms with van der Waals surface area (Å²) in [6.07, 6.45) is -3.34. The summed E-state index contributed by atoms with van der Waals surface area (Å²) in [6, 6.07) is 0. The van der Waals surface area contributed by atoms with Crippen LogP contribution >= 0.6 is 19.2 Å². The van der Waals surface area contributed by atoms with Crippen molar-refractivity contribution in [1.82, 2.24) is 24.4 Å². The number of fused-ring (bicyclic) bond motifs is 4. The van der Waals surface area contributed by atoms with Crippen molar-refractivity contribution in [2.75, 3.05) is 31.1 Å². The van der Waals surface area contributed by atoms with Crippen molar-refractivity contribution in [2.24, 2.45) is 5.92 Å². The molecule has 2 aromatic rings. The summed E-state index contributed by atoms with van der Waals surface area (Å²) < 4.78 is 23.8. The molecule has 2 bridgehead atoms. The Labute approximate surface area is 204 Å². The highest BCUT2D eigenvalue weighted by Gasteiger charge is 2.45. The number of aliphatic hydroxyl groups excluding tert-OH is 2. The number of halogens is 1. The Kier molecular flexibility index (Phi) is 6.74. The minimum absolute atomic E-state index is 0.0103. The third-order valence-corrected chi connectivity index (χ3v) is 7.80. The number of aliphatic hydroxyl groups is 2. The lowest BCUT2D eigenvalue weighted by Crippen LogP contribution is -2.52. The van der Waals surface area contributed by atoms with Gasteiger partial charge >= 0.3 is 13.7 Å². The minimum atomic E-state index is -4.31. The molecule has 16 heteroatoms. The van der Waals surface area contributed by atoms with Gasteiger partial charge in [-0.25, -0.2) is 9.78 Å². The van der Waals surface area contributed by atoms with Gasteiger partial charge in [-0.2, -0.15) is 9.97 Å². The first kappa shape index (κ1) is 24.8. The van der Waals surface area contributed by atoms with Crippen molar-refractivity contribution in [3.05, 3.63) is 11.6 Å². The van der Waals surface area contributed by atoms with Crippen LogP contribution in [0.2, 0.25) is 5.28 Å². The number of nitrogens with zero attached hydrogens (tertiary/aromatic N) is 5. The van der Waals surface area contributed by atoms with E-state index in [9.17, 15) is 19.6 Å². The van der Waals surface area contributed by atoms with Crippen LogP contribution in [0.4, 0.5) is 10.6 Å². The molecule has 192 valence electrons. The molecule has 4 fully saturated rings. The number of hydrogen-bond acceptors (Lipinski definition) is 10. The number of rotatable bonds is 6.